The van der Waals surface area contributed by atoms with Crippen molar-refractivity contribution in [1.29, 1.82) is 0 Å². The van der Waals surface area contributed by atoms with E-state index in [0.29, 0.717) is 47.2 Å². The third-order valence-corrected chi connectivity index (χ3v) is 6.65. The highest BCUT2D eigenvalue weighted by atomic mass is 16.5. The predicted molar refractivity (Wildman–Crippen MR) is 146 cm³/mol. The van der Waals surface area contributed by atoms with Gasteiger partial charge in [-0.1, -0.05) is 12.1 Å². The normalized spacial score (nSPS) is 14.0. The van der Waals surface area contributed by atoms with Gasteiger partial charge in [0.05, 0.1) is 28.4 Å². The molecule has 1 fully saturated rings. The molecule has 1 aliphatic heterocycles. The lowest BCUT2D eigenvalue weighted by Gasteiger charge is -2.34. The first-order chi connectivity index (χ1) is 18.5. The molecule has 38 heavy (non-hydrogen) atoms. The molecular formula is C28H40N4O6. The van der Waals surface area contributed by atoms with Gasteiger partial charge in [0.15, 0.2) is 0 Å². The van der Waals surface area contributed by atoms with Gasteiger partial charge in [0.2, 0.25) is 0 Å². The van der Waals surface area contributed by atoms with Crippen LogP contribution in [0.4, 0.5) is 0 Å². The number of hydrogen-bond donors (Lipinski definition) is 2. The highest BCUT2D eigenvalue weighted by molar-refractivity contribution is 6.00. The molecule has 0 aromatic heterocycles. The van der Waals surface area contributed by atoms with Crippen molar-refractivity contribution in [3.63, 3.8) is 0 Å². The van der Waals surface area contributed by atoms with Crippen LogP contribution in [0, 0.1) is 0 Å². The van der Waals surface area contributed by atoms with Crippen LogP contribution in [0.3, 0.4) is 0 Å². The Hall–Kier alpha value is -3.50. The molecule has 1 heterocycles. The van der Waals surface area contributed by atoms with Crippen molar-refractivity contribution in [2.45, 2.75) is 12.8 Å². The summed E-state index contributed by atoms with van der Waals surface area (Å²) in [5.74, 6) is 1.60. The lowest BCUT2D eigenvalue weighted by Crippen LogP contribution is -2.47. The van der Waals surface area contributed by atoms with Crippen molar-refractivity contribution in [3.05, 3.63) is 47.5 Å². The van der Waals surface area contributed by atoms with E-state index in [4.69, 9.17) is 18.9 Å². The number of methoxy groups -OCH3 is 4. The molecule has 2 amide bonds. The van der Waals surface area contributed by atoms with Crippen LogP contribution in [0.2, 0.25) is 0 Å². The molecule has 0 spiro atoms. The van der Waals surface area contributed by atoms with E-state index in [1.807, 2.05) is 0 Å². The van der Waals surface area contributed by atoms with Crippen molar-refractivity contribution < 1.29 is 28.5 Å². The van der Waals surface area contributed by atoms with Gasteiger partial charge >= 0.3 is 0 Å². The third-order valence-electron chi connectivity index (χ3n) is 6.65. The number of amides is 2. The van der Waals surface area contributed by atoms with E-state index in [1.165, 1.54) is 0 Å². The second-order valence-electron chi connectivity index (χ2n) is 8.98. The molecule has 10 heteroatoms. The maximum Gasteiger partial charge on any atom is 0.258 e. The Morgan fingerprint density at radius 1 is 0.632 bits per heavy atom. The van der Waals surface area contributed by atoms with Gasteiger partial charge in [-0.25, -0.2) is 0 Å². The smallest absolute Gasteiger partial charge is 0.258 e. The Bertz CT molecular complexity index is 928. The summed E-state index contributed by atoms with van der Waals surface area (Å²) in [5.41, 5.74) is 0.841. The minimum atomic E-state index is -0.194. The summed E-state index contributed by atoms with van der Waals surface area (Å²) in [6.07, 6.45) is 1.73. The van der Waals surface area contributed by atoms with Crippen LogP contribution in [-0.4, -0.2) is 102 Å². The van der Waals surface area contributed by atoms with Gasteiger partial charge in [0, 0.05) is 39.3 Å². The number of nitrogens with one attached hydrogen (secondary N) is 2. The Morgan fingerprint density at radius 2 is 0.947 bits per heavy atom. The van der Waals surface area contributed by atoms with Crippen LogP contribution in [0.1, 0.15) is 33.6 Å². The quantitative estimate of drug-likeness (QED) is 0.360. The Labute approximate surface area is 225 Å². The zero-order chi connectivity index (χ0) is 27.3. The van der Waals surface area contributed by atoms with Crippen molar-refractivity contribution in [1.82, 2.24) is 20.4 Å². The van der Waals surface area contributed by atoms with Gasteiger partial charge < -0.3 is 39.4 Å². The fraction of sp³-hybridized carbons (Fsp3) is 0.500. The highest BCUT2D eigenvalue weighted by Gasteiger charge is 2.20. The number of benzene rings is 2. The molecule has 208 valence electrons. The number of piperazine rings is 1. The van der Waals surface area contributed by atoms with Gasteiger partial charge in [0.1, 0.15) is 34.1 Å². The summed E-state index contributed by atoms with van der Waals surface area (Å²) < 4.78 is 21.3. The molecule has 0 atom stereocenters. The van der Waals surface area contributed by atoms with Crippen molar-refractivity contribution in [2.75, 3.05) is 80.8 Å². The molecule has 0 aliphatic carbocycles. The minimum absolute atomic E-state index is 0.194. The van der Waals surface area contributed by atoms with Gasteiger partial charge in [-0.3, -0.25) is 9.59 Å². The summed E-state index contributed by atoms with van der Waals surface area (Å²) in [4.78, 5) is 30.2. The number of carbonyl (C=O) groups excluding carboxylic acids is 2. The number of rotatable bonds is 14. The molecule has 10 nitrogen and oxygen atoms in total. The molecule has 2 aromatic rings. The van der Waals surface area contributed by atoms with Crippen LogP contribution in [0.15, 0.2) is 36.4 Å². The highest BCUT2D eigenvalue weighted by Crippen LogP contribution is 2.28. The van der Waals surface area contributed by atoms with Gasteiger partial charge in [-0.2, -0.15) is 0 Å². The van der Waals surface area contributed by atoms with Gasteiger partial charge in [0.25, 0.3) is 11.8 Å². The summed E-state index contributed by atoms with van der Waals surface area (Å²) in [5, 5.41) is 5.96. The second-order valence-corrected chi connectivity index (χ2v) is 8.98. The standard InChI is InChI=1S/C28H40N4O6/c1-35-21-9-5-10-22(36-2)25(21)27(33)29-13-7-15-31-17-19-32(20-18-31)16-8-14-30-28(34)26-23(37-3)11-6-12-24(26)38-4/h5-6,9-12H,7-8,13-20H2,1-4H3,(H,29,33)(H,30,34). The van der Waals surface area contributed by atoms with Crippen LogP contribution in [0.25, 0.3) is 0 Å². The second kappa shape index (κ2) is 15.0. The molecule has 0 saturated carbocycles. The molecule has 0 bridgehead atoms. The Kier molecular flexibility index (Phi) is 11.5. The van der Waals surface area contributed by atoms with Crippen LogP contribution < -0.4 is 29.6 Å². The van der Waals surface area contributed by atoms with Crippen molar-refractivity contribution >= 4 is 11.8 Å². The number of carbonyl (C=O) groups is 2. The first-order valence-electron chi connectivity index (χ1n) is 13.0. The van der Waals surface area contributed by atoms with E-state index in [1.54, 1.807) is 64.8 Å². The van der Waals surface area contributed by atoms with E-state index < -0.39 is 0 Å². The molecule has 3 rings (SSSR count). The van der Waals surface area contributed by atoms with E-state index in [-0.39, 0.29) is 11.8 Å². The zero-order valence-electron chi connectivity index (χ0n) is 22.9. The average molecular weight is 529 g/mol. The Balaban J connectivity index is 1.31. The third kappa shape index (κ3) is 7.75. The fourth-order valence-electron chi connectivity index (χ4n) is 4.57. The lowest BCUT2D eigenvalue weighted by molar-refractivity contribution is 0.0928. The summed E-state index contributed by atoms with van der Waals surface area (Å²) in [6, 6.07) is 10.6. The molecular weight excluding hydrogens is 488 g/mol. The van der Waals surface area contributed by atoms with E-state index in [9.17, 15) is 9.59 Å². The summed E-state index contributed by atoms with van der Waals surface area (Å²) in [6.45, 7) is 6.95. The summed E-state index contributed by atoms with van der Waals surface area (Å²) >= 11 is 0. The largest absolute Gasteiger partial charge is 0.496 e. The Morgan fingerprint density at radius 3 is 1.24 bits per heavy atom. The first kappa shape index (κ1) is 29.1. The fourth-order valence-corrected chi connectivity index (χ4v) is 4.57. The monoisotopic (exact) mass is 528 g/mol. The number of nitrogens with zero attached hydrogens (tertiary/aromatic N) is 2. The minimum Gasteiger partial charge on any atom is -0.496 e. The van der Waals surface area contributed by atoms with E-state index in [0.717, 1.165) is 52.1 Å². The molecule has 2 N–H and O–H groups in total. The van der Waals surface area contributed by atoms with Crippen molar-refractivity contribution in [2.24, 2.45) is 0 Å². The average Bonchev–Trinajstić information content (AvgIpc) is 2.96. The maximum absolute atomic E-state index is 12.7. The maximum atomic E-state index is 12.7. The molecule has 0 unspecified atom stereocenters. The van der Waals surface area contributed by atoms with E-state index >= 15 is 0 Å². The molecule has 2 aromatic carbocycles. The topological polar surface area (TPSA) is 102 Å². The van der Waals surface area contributed by atoms with Gasteiger partial charge in [-0.15, -0.1) is 0 Å². The van der Waals surface area contributed by atoms with Gasteiger partial charge in [-0.05, 0) is 50.2 Å². The SMILES string of the molecule is COc1cccc(OC)c1C(=O)NCCCN1CCN(CCCNC(=O)c2c(OC)cccc2OC)CC1. The molecule has 1 aliphatic rings. The van der Waals surface area contributed by atoms with Crippen molar-refractivity contribution in [3.8, 4) is 23.0 Å². The zero-order valence-corrected chi connectivity index (χ0v) is 22.9. The summed E-state index contributed by atoms with van der Waals surface area (Å²) in [7, 11) is 6.17. The lowest BCUT2D eigenvalue weighted by atomic mass is 10.1. The van der Waals surface area contributed by atoms with E-state index in [2.05, 4.69) is 20.4 Å². The number of hydrogen-bond acceptors (Lipinski definition) is 8. The van der Waals surface area contributed by atoms with Crippen LogP contribution in [-0.2, 0) is 0 Å². The number of ether oxygens (including phenoxy) is 4. The first-order valence-corrected chi connectivity index (χ1v) is 13.0. The predicted octanol–water partition coefficient (Wildman–Crippen LogP) is 2.28. The molecule has 1 saturated heterocycles. The van der Waals surface area contributed by atoms with Crippen LogP contribution >= 0.6 is 0 Å². The molecule has 0 radical (unpaired) electrons. The van der Waals surface area contributed by atoms with Crippen LogP contribution in [0.5, 0.6) is 23.0 Å².